The topological polar surface area (TPSA) is 12.5 Å². The molecule has 2 heteroatoms. The maximum Gasteiger partial charge on any atom is 0.0722 e. The van der Waals surface area contributed by atoms with E-state index in [0.717, 1.165) is 12.8 Å². The van der Waals surface area contributed by atoms with Gasteiger partial charge in [-0.25, -0.2) is 0 Å². The molecule has 1 heterocycles. The van der Waals surface area contributed by atoms with Crippen LogP contribution in [0.2, 0.25) is 0 Å². The number of fused-ring (bicyclic) bond motifs is 1. The van der Waals surface area contributed by atoms with E-state index in [1.807, 2.05) is 0 Å². The Morgan fingerprint density at radius 3 is 2.48 bits per heavy atom. The first-order valence-corrected chi connectivity index (χ1v) is 12.3. The summed E-state index contributed by atoms with van der Waals surface area (Å²) in [7, 11) is 2.18. The Kier molecular flexibility index (Phi) is 7.35. The number of likely N-dealkylation sites (N-methyl/N-ethyl adjacent to an activating group) is 1. The van der Waals surface area contributed by atoms with Crippen LogP contribution >= 0.6 is 0 Å². The number of hydrogen-bond donors (Lipinski definition) is 0. The number of para-hydroxylation sites is 1. The fraction of sp³-hybridized carbons (Fsp3) is 0.355. The predicted molar refractivity (Wildman–Crippen MR) is 141 cm³/mol. The van der Waals surface area contributed by atoms with Crippen LogP contribution in [-0.4, -0.2) is 20.3 Å². The third-order valence-electron chi connectivity index (χ3n) is 6.94. The molecule has 0 spiro atoms. The molecule has 0 aromatic heterocycles. The highest BCUT2D eigenvalue weighted by Gasteiger charge is 2.37. The lowest BCUT2D eigenvalue weighted by Crippen LogP contribution is -2.22. The fourth-order valence-corrected chi connectivity index (χ4v) is 5.10. The zero-order chi connectivity index (χ0) is 23.3. The highest BCUT2D eigenvalue weighted by atomic mass is 16.5. The SMILES string of the molecule is CCOCC(=C\C=C1\N(C)c2ccccc2C1(C)C)/C(=C/c1ccccc1)C1=CCCCC1. The normalized spacial score (nSPS) is 19.6. The Balaban J connectivity index is 1.79. The summed E-state index contributed by atoms with van der Waals surface area (Å²) in [5, 5.41) is 0. The van der Waals surface area contributed by atoms with Crippen molar-refractivity contribution in [3.05, 3.63) is 106 Å². The summed E-state index contributed by atoms with van der Waals surface area (Å²) in [6, 6.07) is 19.4. The maximum atomic E-state index is 5.98. The average molecular weight is 440 g/mol. The number of nitrogens with zero attached hydrogens (tertiary/aromatic N) is 1. The molecule has 2 aliphatic rings. The van der Waals surface area contributed by atoms with E-state index < -0.39 is 0 Å². The zero-order valence-electron chi connectivity index (χ0n) is 20.6. The van der Waals surface area contributed by atoms with Crippen LogP contribution in [0.15, 0.2) is 95.2 Å². The first kappa shape index (κ1) is 23.3. The zero-order valence-corrected chi connectivity index (χ0v) is 20.6. The molecule has 0 saturated heterocycles. The molecule has 2 aromatic rings. The van der Waals surface area contributed by atoms with Crippen molar-refractivity contribution in [3.63, 3.8) is 0 Å². The van der Waals surface area contributed by atoms with Gasteiger partial charge in [0, 0.05) is 30.5 Å². The van der Waals surface area contributed by atoms with Crippen molar-refractivity contribution in [2.75, 3.05) is 25.2 Å². The van der Waals surface area contributed by atoms with Crippen molar-refractivity contribution in [3.8, 4) is 0 Å². The molecule has 0 unspecified atom stereocenters. The second-order valence-electron chi connectivity index (χ2n) is 9.53. The maximum absolute atomic E-state index is 5.98. The van der Waals surface area contributed by atoms with Gasteiger partial charge in [-0.05, 0) is 78.7 Å². The molecule has 2 aromatic carbocycles. The molecule has 4 rings (SSSR count). The minimum absolute atomic E-state index is 0.0357. The minimum atomic E-state index is -0.0357. The van der Waals surface area contributed by atoms with Gasteiger partial charge < -0.3 is 9.64 Å². The molecule has 0 radical (unpaired) electrons. The van der Waals surface area contributed by atoms with E-state index in [9.17, 15) is 0 Å². The largest absolute Gasteiger partial charge is 0.377 e. The molecule has 172 valence electrons. The molecule has 0 amide bonds. The lowest BCUT2D eigenvalue weighted by molar-refractivity contribution is 0.172. The standard InChI is InChI=1S/C31H37NO/c1-5-33-23-26(20-21-30-31(2,3)28-18-12-13-19-29(28)32(30)4)27(25-16-10-7-11-17-25)22-24-14-8-6-9-15-24/h6,8-9,12-16,18-22H,5,7,10-11,17,23H2,1-4H3/b26-20+,27-22+,30-21+. The van der Waals surface area contributed by atoms with E-state index in [1.165, 1.54) is 52.1 Å². The molecule has 33 heavy (non-hydrogen) atoms. The second-order valence-corrected chi connectivity index (χ2v) is 9.53. The summed E-state index contributed by atoms with van der Waals surface area (Å²) in [6.45, 7) is 8.04. The van der Waals surface area contributed by atoms with Crippen LogP contribution in [0.3, 0.4) is 0 Å². The lowest BCUT2D eigenvalue weighted by atomic mass is 9.83. The van der Waals surface area contributed by atoms with Gasteiger partial charge in [-0.2, -0.15) is 0 Å². The minimum Gasteiger partial charge on any atom is -0.377 e. The summed E-state index contributed by atoms with van der Waals surface area (Å²) < 4.78 is 5.98. The van der Waals surface area contributed by atoms with Crippen LogP contribution in [0.4, 0.5) is 5.69 Å². The van der Waals surface area contributed by atoms with Crippen molar-refractivity contribution in [2.24, 2.45) is 0 Å². The van der Waals surface area contributed by atoms with E-state index in [1.54, 1.807) is 0 Å². The number of anilines is 1. The molecule has 0 saturated carbocycles. The highest BCUT2D eigenvalue weighted by Crippen LogP contribution is 2.46. The number of benzene rings is 2. The van der Waals surface area contributed by atoms with Crippen LogP contribution in [0.1, 0.15) is 57.6 Å². The van der Waals surface area contributed by atoms with Crippen LogP contribution in [-0.2, 0) is 10.2 Å². The molecular formula is C31H37NO. The van der Waals surface area contributed by atoms with Crippen LogP contribution < -0.4 is 4.90 Å². The second kappa shape index (κ2) is 10.4. The summed E-state index contributed by atoms with van der Waals surface area (Å²) in [5.41, 5.74) is 9.22. The summed E-state index contributed by atoms with van der Waals surface area (Å²) in [5.74, 6) is 0. The number of allylic oxidation sites excluding steroid dienone is 5. The Hall–Kier alpha value is -2.84. The third kappa shape index (κ3) is 5.07. The first-order valence-electron chi connectivity index (χ1n) is 12.3. The first-order chi connectivity index (χ1) is 16.0. The van der Waals surface area contributed by atoms with Gasteiger partial charge >= 0.3 is 0 Å². The van der Waals surface area contributed by atoms with Crippen molar-refractivity contribution < 1.29 is 4.74 Å². The molecule has 1 aliphatic carbocycles. The third-order valence-corrected chi connectivity index (χ3v) is 6.94. The summed E-state index contributed by atoms with van der Waals surface area (Å²) >= 11 is 0. The van der Waals surface area contributed by atoms with Gasteiger partial charge in [-0.3, -0.25) is 0 Å². The predicted octanol–water partition coefficient (Wildman–Crippen LogP) is 7.84. The van der Waals surface area contributed by atoms with Crippen molar-refractivity contribution in [1.29, 1.82) is 0 Å². The summed E-state index contributed by atoms with van der Waals surface area (Å²) in [6.07, 6.45) is 14.2. The fourth-order valence-electron chi connectivity index (χ4n) is 5.10. The molecule has 0 bridgehead atoms. The van der Waals surface area contributed by atoms with E-state index in [2.05, 4.69) is 112 Å². The van der Waals surface area contributed by atoms with Gasteiger partial charge in [0.15, 0.2) is 0 Å². The van der Waals surface area contributed by atoms with Crippen molar-refractivity contribution in [1.82, 2.24) is 0 Å². The lowest BCUT2D eigenvalue weighted by Gasteiger charge is -2.24. The van der Waals surface area contributed by atoms with Crippen molar-refractivity contribution >= 4 is 11.8 Å². The Bertz CT molecular complexity index is 1080. The van der Waals surface area contributed by atoms with E-state index in [0.29, 0.717) is 13.2 Å². The number of rotatable bonds is 7. The van der Waals surface area contributed by atoms with Crippen LogP contribution in [0.5, 0.6) is 0 Å². The molecule has 1 aliphatic heterocycles. The number of hydrogen-bond acceptors (Lipinski definition) is 2. The molecule has 0 atom stereocenters. The summed E-state index contributed by atoms with van der Waals surface area (Å²) in [4.78, 5) is 2.34. The molecular weight excluding hydrogens is 402 g/mol. The van der Waals surface area contributed by atoms with Gasteiger partial charge in [0.25, 0.3) is 0 Å². The number of ether oxygens (including phenoxy) is 1. The van der Waals surface area contributed by atoms with Gasteiger partial charge in [-0.15, -0.1) is 0 Å². The Morgan fingerprint density at radius 2 is 1.79 bits per heavy atom. The van der Waals surface area contributed by atoms with Crippen molar-refractivity contribution in [2.45, 2.75) is 51.9 Å². The van der Waals surface area contributed by atoms with Crippen LogP contribution in [0, 0.1) is 0 Å². The van der Waals surface area contributed by atoms with Gasteiger partial charge in [0.1, 0.15) is 0 Å². The van der Waals surface area contributed by atoms with Gasteiger partial charge in [0.2, 0.25) is 0 Å². The van der Waals surface area contributed by atoms with Crippen LogP contribution in [0.25, 0.3) is 6.08 Å². The van der Waals surface area contributed by atoms with Gasteiger partial charge in [-0.1, -0.05) is 74.5 Å². The molecule has 2 nitrogen and oxygen atoms in total. The monoisotopic (exact) mass is 439 g/mol. The average Bonchev–Trinajstić information content (AvgIpc) is 3.04. The van der Waals surface area contributed by atoms with E-state index >= 15 is 0 Å². The smallest absolute Gasteiger partial charge is 0.0722 e. The van der Waals surface area contributed by atoms with E-state index in [4.69, 9.17) is 4.74 Å². The highest BCUT2D eigenvalue weighted by molar-refractivity contribution is 5.71. The van der Waals surface area contributed by atoms with Gasteiger partial charge in [0.05, 0.1) is 6.61 Å². The molecule has 0 N–H and O–H groups in total. The quantitative estimate of drug-likeness (QED) is 0.407. The Morgan fingerprint density at radius 1 is 1.03 bits per heavy atom. The Labute approximate surface area is 200 Å². The van der Waals surface area contributed by atoms with E-state index in [-0.39, 0.29) is 5.41 Å². The molecule has 0 fully saturated rings.